The van der Waals surface area contributed by atoms with Crippen LogP contribution in [0.3, 0.4) is 0 Å². The molecular formula is C11H16N6. The van der Waals surface area contributed by atoms with Gasteiger partial charge in [0.15, 0.2) is 11.5 Å². The number of piperazine rings is 1. The van der Waals surface area contributed by atoms with Crippen LogP contribution in [-0.2, 0) is 6.54 Å². The molecule has 3 heterocycles. The van der Waals surface area contributed by atoms with Gasteiger partial charge in [-0.3, -0.25) is 4.90 Å². The summed E-state index contributed by atoms with van der Waals surface area (Å²) in [5, 5.41) is 7.76. The zero-order chi connectivity index (χ0) is 11.7. The molecule has 1 saturated heterocycles. The molecule has 1 aliphatic heterocycles. The Hall–Kier alpha value is -1.66. The first kappa shape index (κ1) is 10.5. The van der Waals surface area contributed by atoms with E-state index in [1.807, 2.05) is 12.1 Å². The van der Waals surface area contributed by atoms with Crippen LogP contribution in [0, 0.1) is 0 Å². The van der Waals surface area contributed by atoms with Gasteiger partial charge in [0, 0.05) is 26.2 Å². The van der Waals surface area contributed by atoms with E-state index in [-0.39, 0.29) is 0 Å². The van der Waals surface area contributed by atoms with Crippen molar-refractivity contribution >= 4 is 11.3 Å². The number of nitrogen functional groups attached to an aromatic ring is 1. The van der Waals surface area contributed by atoms with Crippen molar-refractivity contribution in [2.75, 3.05) is 31.9 Å². The molecule has 3 N–H and O–H groups in total. The summed E-state index contributed by atoms with van der Waals surface area (Å²) in [6.07, 6.45) is 1.80. The van der Waals surface area contributed by atoms with Crippen LogP contribution in [-0.4, -0.2) is 45.7 Å². The maximum atomic E-state index is 5.71. The maximum Gasteiger partial charge on any atom is 0.165 e. The second kappa shape index (κ2) is 4.31. The smallest absolute Gasteiger partial charge is 0.165 e. The second-order valence-corrected chi connectivity index (χ2v) is 4.32. The number of hydrogen-bond acceptors (Lipinski definition) is 5. The number of fused-ring (bicyclic) bond motifs is 1. The van der Waals surface area contributed by atoms with Crippen LogP contribution >= 0.6 is 0 Å². The second-order valence-electron chi connectivity index (χ2n) is 4.32. The van der Waals surface area contributed by atoms with Gasteiger partial charge in [-0.15, -0.1) is 5.10 Å². The minimum atomic E-state index is 0.705. The lowest BCUT2D eigenvalue weighted by Gasteiger charge is -2.25. The van der Waals surface area contributed by atoms with Crippen LogP contribution < -0.4 is 11.1 Å². The summed E-state index contributed by atoms with van der Waals surface area (Å²) in [4.78, 5) is 6.84. The van der Waals surface area contributed by atoms with Gasteiger partial charge >= 0.3 is 0 Å². The minimum absolute atomic E-state index is 0.705. The fourth-order valence-electron chi connectivity index (χ4n) is 2.08. The average molecular weight is 232 g/mol. The molecule has 0 radical (unpaired) electrons. The SMILES string of the molecule is Nc1ccc2nc(CN3CCNCC3)nn2c1. The molecule has 0 amide bonds. The molecule has 17 heavy (non-hydrogen) atoms. The third-order valence-corrected chi connectivity index (χ3v) is 2.97. The van der Waals surface area contributed by atoms with Crippen molar-refractivity contribution in [3.63, 3.8) is 0 Å². The highest BCUT2D eigenvalue weighted by Gasteiger charge is 2.12. The molecule has 2 aromatic rings. The summed E-state index contributed by atoms with van der Waals surface area (Å²) >= 11 is 0. The summed E-state index contributed by atoms with van der Waals surface area (Å²) in [5.41, 5.74) is 7.27. The van der Waals surface area contributed by atoms with E-state index >= 15 is 0 Å². The first-order chi connectivity index (χ1) is 8.31. The van der Waals surface area contributed by atoms with E-state index in [0.717, 1.165) is 44.2 Å². The molecule has 2 aromatic heterocycles. The molecular weight excluding hydrogens is 216 g/mol. The van der Waals surface area contributed by atoms with Gasteiger partial charge in [-0.1, -0.05) is 0 Å². The lowest BCUT2D eigenvalue weighted by Crippen LogP contribution is -2.43. The van der Waals surface area contributed by atoms with Gasteiger partial charge in [-0.25, -0.2) is 9.50 Å². The Kier molecular flexibility index (Phi) is 2.66. The molecule has 6 heteroatoms. The maximum absolute atomic E-state index is 5.71. The molecule has 90 valence electrons. The molecule has 0 unspecified atom stereocenters. The minimum Gasteiger partial charge on any atom is -0.397 e. The number of nitrogens with two attached hydrogens (primary N) is 1. The zero-order valence-corrected chi connectivity index (χ0v) is 9.63. The van der Waals surface area contributed by atoms with Crippen molar-refractivity contribution in [3.8, 4) is 0 Å². The normalized spacial score (nSPS) is 17.6. The van der Waals surface area contributed by atoms with Crippen LogP contribution in [0.1, 0.15) is 5.82 Å². The van der Waals surface area contributed by atoms with E-state index in [1.54, 1.807) is 10.7 Å². The topological polar surface area (TPSA) is 71.5 Å². The molecule has 0 aliphatic carbocycles. The summed E-state index contributed by atoms with van der Waals surface area (Å²) in [5.74, 6) is 0.859. The number of hydrogen-bond donors (Lipinski definition) is 2. The molecule has 3 rings (SSSR count). The first-order valence-electron chi connectivity index (χ1n) is 5.85. The standard InChI is InChI=1S/C11H16N6/c12-9-1-2-11-14-10(15-17(11)7-9)8-16-5-3-13-4-6-16/h1-2,7,13H,3-6,8,12H2. The molecule has 0 bridgehead atoms. The highest BCUT2D eigenvalue weighted by molar-refractivity contribution is 5.46. The van der Waals surface area contributed by atoms with E-state index in [0.29, 0.717) is 5.69 Å². The largest absolute Gasteiger partial charge is 0.397 e. The number of nitrogens with one attached hydrogen (secondary N) is 1. The van der Waals surface area contributed by atoms with Gasteiger partial charge in [0.25, 0.3) is 0 Å². The highest BCUT2D eigenvalue weighted by atomic mass is 15.3. The quantitative estimate of drug-likeness (QED) is 0.745. The predicted octanol–water partition coefficient (Wildman–Crippen LogP) is -0.283. The summed E-state index contributed by atoms with van der Waals surface area (Å²) < 4.78 is 1.74. The number of pyridine rings is 1. The van der Waals surface area contributed by atoms with Gasteiger partial charge in [-0.2, -0.15) is 0 Å². The first-order valence-corrected chi connectivity index (χ1v) is 5.85. The van der Waals surface area contributed by atoms with Crippen LogP contribution in [0.15, 0.2) is 18.3 Å². The lowest BCUT2D eigenvalue weighted by molar-refractivity contribution is 0.228. The fourth-order valence-corrected chi connectivity index (χ4v) is 2.08. The Morgan fingerprint density at radius 3 is 2.94 bits per heavy atom. The van der Waals surface area contributed by atoms with Gasteiger partial charge in [0.2, 0.25) is 0 Å². The predicted molar refractivity (Wildman–Crippen MR) is 65.5 cm³/mol. The summed E-state index contributed by atoms with van der Waals surface area (Å²) in [6, 6.07) is 3.74. The zero-order valence-electron chi connectivity index (χ0n) is 9.63. The third-order valence-electron chi connectivity index (χ3n) is 2.97. The van der Waals surface area contributed by atoms with E-state index < -0.39 is 0 Å². The molecule has 1 aliphatic rings. The Balaban J connectivity index is 1.80. The van der Waals surface area contributed by atoms with E-state index in [4.69, 9.17) is 5.73 Å². The van der Waals surface area contributed by atoms with Crippen molar-refractivity contribution in [2.45, 2.75) is 6.54 Å². The van der Waals surface area contributed by atoms with Crippen molar-refractivity contribution in [1.82, 2.24) is 24.8 Å². The average Bonchev–Trinajstić information content (AvgIpc) is 2.71. The van der Waals surface area contributed by atoms with Crippen molar-refractivity contribution in [3.05, 3.63) is 24.2 Å². The van der Waals surface area contributed by atoms with E-state index in [9.17, 15) is 0 Å². The van der Waals surface area contributed by atoms with E-state index in [2.05, 4.69) is 20.3 Å². The van der Waals surface area contributed by atoms with Crippen LogP contribution in [0.4, 0.5) is 5.69 Å². The molecule has 0 aromatic carbocycles. The Labute approximate surface area is 99.4 Å². The molecule has 6 nitrogen and oxygen atoms in total. The lowest BCUT2D eigenvalue weighted by atomic mass is 10.3. The molecule has 1 fully saturated rings. The number of rotatable bonds is 2. The monoisotopic (exact) mass is 232 g/mol. The van der Waals surface area contributed by atoms with Gasteiger partial charge in [0.05, 0.1) is 18.4 Å². The van der Waals surface area contributed by atoms with Gasteiger partial charge in [-0.05, 0) is 12.1 Å². The van der Waals surface area contributed by atoms with Crippen molar-refractivity contribution < 1.29 is 0 Å². The highest BCUT2D eigenvalue weighted by Crippen LogP contribution is 2.07. The van der Waals surface area contributed by atoms with Crippen LogP contribution in [0.2, 0.25) is 0 Å². The summed E-state index contributed by atoms with van der Waals surface area (Å²) in [6.45, 7) is 5.00. The molecule has 0 saturated carbocycles. The van der Waals surface area contributed by atoms with Crippen LogP contribution in [0.25, 0.3) is 5.65 Å². The Bertz CT molecular complexity index is 514. The fraction of sp³-hybridized carbons (Fsp3) is 0.455. The summed E-state index contributed by atoms with van der Waals surface area (Å²) in [7, 11) is 0. The van der Waals surface area contributed by atoms with Crippen molar-refractivity contribution in [1.29, 1.82) is 0 Å². The van der Waals surface area contributed by atoms with Gasteiger partial charge < -0.3 is 11.1 Å². The van der Waals surface area contributed by atoms with Crippen molar-refractivity contribution in [2.24, 2.45) is 0 Å². The molecule has 0 spiro atoms. The Morgan fingerprint density at radius 2 is 2.12 bits per heavy atom. The number of aromatic nitrogens is 3. The van der Waals surface area contributed by atoms with Gasteiger partial charge in [0.1, 0.15) is 0 Å². The number of nitrogens with zero attached hydrogens (tertiary/aromatic N) is 4. The Morgan fingerprint density at radius 1 is 1.29 bits per heavy atom. The molecule has 0 atom stereocenters. The van der Waals surface area contributed by atoms with E-state index in [1.165, 1.54) is 0 Å². The third kappa shape index (κ3) is 2.22. The van der Waals surface area contributed by atoms with Crippen LogP contribution in [0.5, 0.6) is 0 Å². The number of anilines is 1.